The molecule has 0 amide bonds. The van der Waals surface area contributed by atoms with E-state index in [4.69, 9.17) is 0 Å². The summed E-state index contributed by atoms with van der Waals surface area (Å²) in [6.45, 7) is 9.41. The van der Waals surface area contributed by atoms with Gasteiger partial charge in [0.2, 0.25) is 0 Å². The molecule has 0 saturated carbocycles. The average Bonchev–Trinajstić information content (AvgIpc) is 2.83. The summed E-state index contributed by atoms with van der Waals surface area (Å²) in [5.74, 6) is 0. The molecule has 0 nitrogen and oxygen atoms in total. The Bertz CT molecular complexity index is 881. The zero-order chi connectivity index (χ0) is 22.8. The van der Waals surface area contributed by atoms with Gasteiger partial charge in [-0.1, -0.05) is 87.4 Å². The number of hydrogen-bond donors (Lipinski definition) is 0. The Morgan fingerprint density at radius 2 is 0.938 bits per heavy atom. The first-order valence-electron chi connectivity index (χ1n) is 12.4. The van der Waals surface area contributed by atoms with Crippen molar-refractivity contribution in [1.82, 2.24) is 0 Å². The fraction of sp³-hybridized carbons (Fsp3) is 0.400. The van der Waals surface area contributed by atoms with Gasteiger partial charge in [0.1, 0.15) is 0 Å². The molecular formula is C30H40P2. The lowest BCUT2D eigenvalue weighted by Gasteiger charge is -2.25. The Labute approximate surface area is 200 Å². The summed E-state index contributed by atoms with van der Waals surface area (Å²) in [4.78, 5) is 0. The Hall–Kier alpha value is -1.48. The number of rotatable bonds is 12. The van der Waals surface area contributed by atoms with E-state index in [1.165, 1.54) is 83.7 Å². The predicted molar refractivity (Wildman–Crippen MR) is 150 cm³/mol. The normalized spacial score (nSPS) is 11.9. The molecule has 3 aromatic rings. The highest BCUT2D eigenvalue weighted by atomic mass is 31.1. The zero-order valence-electron chi connectivity index (χ0n) is 20.4. The van der Waals surface area contributed by atoms with E-state index in [0.717, 1.165) is 17.2 Å². The van der Waals surface area contributed by atoms with E-state index in [1.54, 1.807) is 11.1 Å². The molecule has 2 atom stereocenters. The van der Waals surface area contributed by atoms with E-state index in [0.29, 0.717) is 0 Å². The molecule has 0 aromatic heterocycles. The first-order valence-corrected chi connectivity index (χ1v) is 15.2. The molecule has 3 rings (SSSR count). The standard InChI is InChI=1S/C30H40P2/c1-5-7-19-31-21-27-23(3)29(25-15-11-9-12-16-25)30(26-17-13-10-14-18-26)24(4)28(27)22-32-20-8-6-2/h9-18,31-32H,5-8,19-22H2,1-4H3. The van der Waals surface area contributed by atoms with Crippen molar-refractivity contribution in [2.45, 2.75) is 65.7 Å². The maximum atomic E-state index is 2.40. The molecule has 0 aliphatic heterocycles. The van der Waals surface area contributed by atoms with Gasteiger partial charge in [-0.2, -0.15) is 0 Å². The molecule has 0 radical (unpaired) electrons. The Kier molecular flexibility index (Phi) is 10.4. The fourth-order valence-corrected chi connectivity index (χ4v) is 7.59. The lowest BCUT2D eigenvalue weighted by atomic mass is 9.83. The van der Waals surface area contributed by atoms with Crippen LogP contribution >= 0.6 is 17.2 Å². The average molecular weight is 463 g/mol. The van der Waals surface area contributed by atoms with Gasteiger partial charge in [-0.15, -0.1) is 17.2 Å². The van der Waals surface area contributed by atoms with Crippen molar-refractivity contribution in [2.75, 3.05) is 12.3 Å². The van der Waals surface area contributed by atoms with Crippen molar-refractivity contribution in [1.29, 1.82) is 0 Å². The second-order valence-corrected chi connectivity index (χ2v) is 11.5. The topological polar surface area (TPSA) is 0 Å². The molecule has 32 heavy (non-hydrogen) atoms. The molecule has 0 bridgehead atoms. The van der Waals surface area contributed by atoms with Crippen LogP contribution in [0.1, 0.15) is 61.8 Å². The Morgan fingerprint density at radius 1 is 0.562 bits per heavy atom. The van der Waals surface area contributed by atoms with Crippen LogP contribution in [0.15, 0.2) is 60.7 Å². The summed E-state index contributed by atoms with van der Waals surface area (Å²) in [6, 6.07) is 22.2. The van der Waals surface area contributed by atoms with E-state index in [2.05, 4.69) is 88.4 Å². The van der Waals surface area contributed by atoms with Crippen LogP contribution in [-0.4, -0.2) is 12.3 Å². The van der Waals surface area contributed by atoms with E-state index in [1.807, 2.05) is 0 Å². The van der Waals surface area contributed by atoms with Gasteiger partial charge in [-0.05, 0) is 95.8 Å². The van der Waals surface area contributed by atoms with Crippen molar-refractivity contribution < 1.29 is 0 Å². The Balaban J connectivity index is 2.17. The van der Waals surface area contributed by atoms with Crippen LogP contribution in [0, 0.1) is 13.8 Å². The highest BCUT2D eigenvalue weighted by Gasteiger charge is 2.21. The first-order chi connectivity index (χ1) is 15.7. The summed E-state index contributed by atoms with van der Waals surface area (Å²) in [6.07, 6.45) is 10.6. The summed E-state index contributed by atoms with van der Waals surface area (Å²) >= 11 is 0. The van der Waals surface area contributed by atoms with Crippen LogP contribution in [-0.2, 0) is 12.3 Å². The lowest BCUT2D eigenvalue weighted by Crippen LogP contribution is -2.05. The monoisotopic (exact) mass is 462 g/mol. The molecule has 170 valence electrons. The van der Waals surface area contributed by atoms with Gasteiger partial charge in [0, 0.05) is 0 Å². The minimum absolute atomic E-state index is 1.03. The van der Waals surface area contributed by atoms with Crippen LogP contribution in [0.4, 0.5) is 0 Å². The molecule has 0 spiro atoms. The molecule has 0 heterocycles. The molecule has 0 fully saturated rings. The number of benzene rings is 3. The smallest absolute Gasteiger partial charge is 0.00704 e. The van der Waals surface area contributed by atoms with Gasteiger partial charge in [0.25, 0.3) is 0 Å². The van der Waals surface area contributed by atoms with Crippen molar-refractivity contribution in [3.8, 4) is 22.3 Å². The highest BCUT2D eigenvalue weighted by Crippen LogP contribution is 2.44. The van der Waals surface area contributed by atoms with Gasteiger partial charge in [0.15, 0.2) is 0 Å². The van der Waals surface area contributed by atoms with Crippen LogP contribution in [0.3, 0.4) is 0 Å². The maximum absolute atomic E-state index is 2.40. The second kappa shape index (κ2) is 13.3. The molecule has 3 aromatic carbocycles. The molecule has 2 unspecified atom stereocenters. The molecule has 0 saturated heterocycles. The van der Waals surface area contributed by atoms with Crippen molar-refractivity contribution in [3.05, 3.63) is 82.9 Å². The van der Waals surface area contributed by atoms with Gasteiger partial charge in [-0.3, -0.25) is 0 Å². The number of hydrogen-bond acceptors (Lipinski definition) is 0. The van der Waals surface area contributed by atoms with Gasteiger partial charge >= 0.3 is 0 Å². The van der Waals surface area contributed by atoms with E-state index >= 15 is 0 Å². The third-order valence-corrected chi connectivity index (χ3v) is 9.03. The molecule has 0 aliphatic carbocycles. The minimum Gasteiger partial charge on any atom is -0.118 e. The van der Waals surface area contributed by atoms with Gasteiger partial charge in [-0.25, -0.2) is 0 Å². The van der Waals surface area contributed by atoms with E-state index < -0.39 is 0 Å². The summed E-state index contributed by atoms with van der Waals surface area (Å²) in [7, 11) is 2.06. The van der Waals surface area contributed by atoms with Crippen LogP contribution in [0.2, 0.25) is 0 Å². The van der Waals surface area contributed by atoms with Crippen LogP contribution in [0.5, 0.6) is 0 Å². The largest absolute Gasteiger partial charge is 0.118 e. The fourth-order valence-electron chi connectivity index (χ4n) is 4.57. The van der Waals surface area contributed by atoms with Crippen molar-refractivity contribution in [3.63, 3.8) is 0 Å². The predicted octanol–water partition coefficient (Wildman–Crippen LogP) is 9.59. The van der Waals surface area contributed by atoms with Crippen LogP contribution in [0.25, 0.3) is 22.3 Å². The van der Waals surface area contributed by atoms with Gasteiger partial charge < -0.3 is 0 Å². The zero-order valence-corrected chi connectivity index (χ0v) is 22.4. The summed E-state index contributed by atoms with van der Waals surface area (Å²) < 4.78 is 0. The molecular weight excluding hydrogens is 422 g/mol. The highest BCUT2D eigenvalue weighted by molar-refractivity contribution is 7.37. The summed E-state index contributed by atoms with van der Waals surface area (Å²) in [5.41, 5.74) is 11.9. The first kappa shape index (κ1) is 25.1. The third-order valence-electron chi connectivity index (χ3n) is 6.41. The third kappa shape index (κ3) is 6.31. The quantitative estimate of drug-likeness (QED) is 0.186. The van der Waals surface area contributed by atoms with E-state index in [-0.39, 0.29) is 0 Å². The summed E-state index contributed by atoms with van der Waals surface area (Å²) in [5, 5.41) is 0. The molecule has 0 N–H and O–H groups in total. The molecule has 2 heteroatoms. The second-order valence-electron chi connectivity index (χ2n) is 8.75. The number of unbranched alkanes of at least 4 members (excludes halogenated alkanes) is 2. The maximum Gasteiger partial charge on any atom is -0.00704 e. The lowest BCUT2D eigenvalue weighted by molar-refractivity contribution is 0.892. The van der Waals surface area contributed by atoms with Gasteiger partial charge in [0.05, 0.1) is 0 Å². The van der Waals surface area contributed by atoms with Crippen molar-refractivity contribution >= 4 is 17.2 Å². The SMILES string of the molecule is CCCCPCc1c(C)c(-c2ccccc2)c(-c2ccccc2)c(C)c1CPCCCC. The van der Waals surface area contributed by atoms with Crippen LogP contribution < -0.4 is 0 Å². The Morgan fingerprint density at radius 3 is 1.28 bits per heavy atom. The minimum atomic E-state index is 1.03. The van der Waals surface area contributed by atoms with E-state index in [9.17, 15) is 0 Å². The molecule has 0 aliphatic rings. The van der Waals surface area contributed by atoms with Crippen molar-refractivity contribution in [2.24, 2.45) is 0 Å².